The van der Waals surface area contributed by atoms with Gasteiger partial charge >= 0.3 is 0 Å². The zero-order valence-electron chi connectivity index (χ0n) is 20.9. The summed E-state index contributed by atoms with van der Waals surface area (Å²) >= 11 is 0. The summed E-state index contributed by atoms with van der Waals surface area (Å²) in [6.07, 6.45) is 1.88. The number of benzene rings is 2. The van der Waals surface area contributed by atoms with E-state index in [0.29, 0.717) is 12.3 Å². The Kier molecular flexibility index (Phi) is 9.08. The van der Waals surface area contributed by atoms with E-state index in [-0.39, 0.29) is 48.2 Å². The second-order valence-electron chi connectivity index (χ2n) is 8.68. The van der Waals surface area contributed by atoms with Crippen molar-refractivity contribution in [3.63, 3.8) is 0 Å². The maximum absolute atomic E-state index is 13.3. The Morgan fingerprint density at radius 3 is 2.56 bits per heavy atom. The summed E-state index contributed by atoms with van der Waals surface area (Å²) in [5, 5.41) is 2.86. The first kappa shape index (κ1) is 27.2. The molecule has 3 rings (SSSR count). The van der Waals surface area contributed by atoms with Gasteiger partial charge in [0.1, 0.15) is 16.7 Å². The molecule has 1 heterocycles. The van der Waals surface area contributed by atoms with Crippen molar-refractivity contribution < 1.29 is 27.5 Å². The topological polar surface area (TPSA) is 113 Å². The van der Waals surface area contributed by atoms with E-state index in [1.54, 1.807) is 38.3 Å². The molecule has 1 atom stereocenters. The van der Waals surface area contributed by atoms with Gasteiger partial charge in [0.05, 0.1) is 12.7 Å². The van der Waals surface area contributed by atoms with Crippen LogP contribution in [0.1, 0.15) is 55.5 Å². The van der Waals surface area contributed by atoms with Crippen molar-refractivity contribution >= 4 is 27.7 Å². The van der Waals surface area contributed by atoms with Gasteiger partial charge in [-0.25, -0.2) is 12.7 Å². The van der Waals surface area contributed by atoms with E-state index in [1.165, 1.54) is 17.0 Å². The molecule has 194 valence electrons. The largest absolute Gasteiger partial charge is 0.497 e. The van der Waals surface area contributed by atoms with E-state index < -0.39 is 22.0 Å². The minimum Gasteiger partial charge on any atom is -0.497 e. The smallest absolute Gasteiger partial charge is 0.269 e. The van der Waals surface area contributed by atoms with Gasteiger partial charge in [-0.2, -0.15) is 0 Å². The van der Waals surface area contributed by atoms with Crippen molar-refractivity contribution in [2.45, 2.75) is 57.0 Å². The normalized spacial score (nSPS) is 14.8. The number of ether oxygens (including phenoxy) is 1. The molecule has 3 amide bonds. The van der Waals surface area contributed by atoms with Crippen molar-refractivity contribution in [3.05, 3.63) is 59.7 Å². The Morgan fingerprint density at radius 2 is 1.86 bits per heavy atom. The van der Waals surface area contributed by atoms with Crippen molar-refractivity contribution in [1.29, 1.82) is 0 Å². The zero-order chi connectivity index (χ0) is 26.3. The third-order valence-electron chi connectivity index (χ3n) is 6.15. The van der Waals surface area contributed by atoms with Crippen LogP contribution in [-0.4, -0.2) is 61.6 Å². The summed E-state index contributed by atoms with van der Waals surface area (Å²) in [5.41, 5.74) is 0.935. The summed E-state index contributed by atoms with van der Waals surface area (Å²) in [5.74, 6) is -0.516. The lowest BCUT2D eigenvalue weighted by molar-refractivity contribution is -0.140. The first-order valence-corrected chi connectivity index (χ1v) is 13.5. The highest BCUT2D eigenvalue weighted by molar-refractivity contribution is 7.90. The fourth-order valence-electron chi connectivity index (χ4n) is 4.06. The first-order chi connectivity index (χ1) is 17.2. The highest BCUT2D eigenvalue weighted by Gasteiger charge is 2.40. The monoisotopic (exact) mass is 515 g/mol. The number of sulfonamides is 1. The second-order valence-corrected chi connectivity index (χ2v) is 10.5. The van der Waals surface area contributed by atoms with Gasteiger partial charge < -0.3 is 15.0 Å². The van der Waals surface area contributed by atoms with Gasteiger partial charge in [-0.15, -0.1) is 0 Å². The van der Waals surface area contributed by atoms with Crippen molar-refractivity contribution in [3.8, 4) is 5.75 Å². The maximum atomic E-state index is 13.3. The van der Waals surface area contributed by atoms with Crippen LogP contribution >= 0.6 is 0 Å². The second kappa shape index (κ2) is 12.0. The lowest BCUT2D eigenvalue weighted by Crippen LogP contribution is -2.47. The number of rotatable bonds is 12. The van der Waals surface area contributed by atoms with Gasteiger partial charge in [0.2, 0.25) is 11.8 Å². The molecule has 9 nitrogen and oxygen atoms in total. The van der Waals surface area contributed by atoms with Gasteiger partial charge in [0.25, 0.3) is 15.9 Å². The molecule has 36 heavy (non-hydrogen) atoms. The molecule has 1 aliphatic heterocycles. The van der Waals surface area contributed by atoms with Crippen LogP contribution in [0.5, 0.6) is 5.75 Å². The molecule has 0 spiro atoms. The number of hydrogen-bond donors (Lipinski definition) is 1. The fourth-order valence-corrected chi connectivity index (χ4v) is 5.66. The van der Waals surface area contributed by atoms with Crippen LogP contribution in [0.2, 0.25) is 0 Å². The SMILES string of the molecule is CCCCNC(=O)C(C)N(Cc1cccc(OC)c1)C(=O)CCCN1C(=O)c2ccccc2S1(=O)=O. The number of carbonyl (C=O) groups excluding carboxylic acids is 3. The Morgan fingerprint density at radius 1 is 1.11 bits per heavy atom. The van der Waals surface area contributed by atoms with E-state index in [0.717, 1.165) is 22.7 Å². The number of amides is 3. The molecular formula is C26H33N3O6S. The van der Waals surface area contributed by atoms with E-state index >= 15 is 0 Å². The summed E-state index contributed by atoms with van der Waals surface area (Å²) in [4.78, 5) is 40.1. The highest BCUT2D eigenvalue weighted by Crippen LogP contribution is 2.30. The van der Waals surface area contributed by atoms with E-state index in [2.05, 4.69) is 5.32 Å². The van der Waals surface area contributed by atoms with Crippen molar-refractivity contribution in [2.24, 2.45) is 0 Å². The molecule has 10 heteroatoms. The van der Waals surface area contributed by atoms with Crippen LogP contribution in [0.3, 0.4) is 0 Å². The third kappa shape index (κ3) is 6.04. The van der Waals surface area contributed by atoms with E-state index in [1.807, 2.05) is 19.1 Å². The molecule has 0 radical (unpaired) electrons. The summed E-state index contributed by atoms with van der Waals surface area (Å²) in [7, 11) is -2.38. The van der Waals surface area contributed by atoms with Gasteiger partial charge in [0.15, 0.2) is 0 Å². The van der Waals surface area contributed by atoms with Gasteiger partial charge in [-0.3, -0.25) is 14.4 Å². The highest BCUT2D eigenvalue weighted by atomic mass is 32.2. The van der Waals surface area contributed by atoms with Crippen LogP contribution in [0.4, 0.5) is 0 Å². The van der Waals surface area contributed by atoms with Gasteiger partial charge in [0, 0.05) is 26.1 Å². The third-order valence-corrected chi connectivity index (χ3v) is 7.99. The summed E-state index contributed by atoms with van der Waals surface area (Å²) in [6.45, 7) is 4.29. The number of methoxy groups -OCH3 is 1. The lowest BCUT2D eigenvalue weighted by Gasteiger charge is -2.29. The van der Waals surface area contributed by atoms with Crippen molar-refractivity contribution in [1.82, 2.24) is 14.5 Å². The van der Waals surface area contributed by atoms with Gasteiger partial charge in [-0.05, 0) is 49.6 Å². The molecule has 2 aromatic rings. The van der Waals surface area contributed by atoms with E-state index in [9.17, 15) is 22.8 Å². The standard InChI is InChI=1S/C26H33N3O6S/c1-4-5-15-27-25(31)19(2)28(18-20-10-8-11-21(17-20)35-3)24(30)14-9-16-29-26(32)22-12-6-7-13-23(22)36(29,33)34/h6-8,10-13,17,19H,4-5,9,14-16,18H2,1-3H3,(H,27,31). The first-order valence-electron chi connectivity index (χ1n) is 12.1. The molecular weight excluding hydrogens is 482 g/mol. The Labute approximate surface area is 212 Å². The predicted molar refractivity (Wildman–Crippen MR) is 135 cm³/mol. The van der Waals surface area contributed by atoms with Gasteiger partial charge in [-0.1, -0.05) is 37.6 Å². The zero-order valence-corrected chi connectivity index (χ0v) is 21.7. The number of carbonyl (C=O) groups is 3. The maximum Gasteiger partial charge on any atom is 0.269 e. The Balaban J connectivity index is 1.70. The number of nitrogens with zero attached hydrogens (tertiary/aromatic N) is 2. The molecule has 0 saturated heterocycles. The molecule has 1 aliphatic rings. The molecule has 0 aliphatic carbocycles. The van der Waals surface area contributed by atoms with Crippen LogP contribution in [0.15, 0.2) is 53.4 Å². The number of nitrogens with one attached hydrogen (secondary N) is 1. The quantitative estimate of drug-likeness (QED) is 0.435. The molecule has 1 unspecified atom stereocenters. The van der Waals surface area contributed by atoms with Crippen LogP contribution in [0, 0.1) is 0 Å². The predicted octanol–water partition coefficient (Wildman–Crippen LogP) is 2.95. The number of fused-ring (bicyclic) bond motifs is 1. The molecule has 0 fully saturated rings. The molecule has 2 aromatic carbocycles. The van der Waals surface area contributed by atoms with Crippen molar-refractivity contribution in [2.75, 3.05) is 20.2 Å². The summed E-state index contributed by atoms with van der Waals surface area (Å²) in [6, 6.07) is 12.6. The number of hydrogen-bond acceptors (Lipinski definition) is 6. The Bertz CT molecular complexity index is 1210. The number of unbranched alkanes of at least 4 members (excludes halogenated alkanes) is 1. The van der Waals surface area contributed by atoms with Crippen LogP contribution < -0.4 is 10.1 Å². The minimum atomic E-state index is -3.93. The minimum absolute atomic E-state index is 0.0154. The van der Waals surface area contributed by atoms with E-state index in [4.69, 9.17) is 4.74 Å². The fraction of sp³-hybridized carbons (Fsp3) is 0.423. The summed E-state index contributed by atoms with van der Waals surface area (Å²) < 4.78 is 31.6. The average Bonchev–Trinajstić information content (AvgIpc) is 3.07. The average molecular weight is 516 g/mol. The molecule has 1 N–H and O–H groups in total. The molecule has 0 bridgehead atoms. The molecule has 0 saturated carbocycles. The molecule has 0 aromatic heterocycles. The van der Waals surface area contributed by atoms with Crippen LogP contribution in [-0.2, 0) is 26.2 Å². The lowest BCUT2D eigenvalue weighted by atomic mass is 10.1. The Hall–Kier alpha value is -3.40. The van der Waals surface area contributed by atoms with Crippen LogP contribution in [0.25, 0.3) is 0 Å².